The number of nitrogens with zero attached hydrogens (tertiary/aromatic N) is 3. The van der Waals surface area contributed by atoms with Gasteiger partial charge < -0.3 is 19.1 Å². The first-order chi connectivity index (χ1) is 15.6. The van der Waals surface area contributed by atoms with Crippen molar-refractivity contribution in [3.8, 4) is 11.5 Å². The second-order valence-corrected chi connectivity index (χ2v) is 8.32. The molecule has 5 rings (SSSR count). The summed E-state index contributed by atoms with van der Waals surface area (Å²) in [7, 11) is 0. The van der Waals surface area contributed by atoms with Gasteiger partial charge in [-0.05, 0) is 25.5 Å². The van der Waals surface area contributed by atoms with Gasteiger partial charge in [0.25, 0.3) is 0 Å². The Morgan fingerprint density at radius 1 is 1.09 bits per heavy atom. The van der Waals surface area contributed by atoms with Crippen molar-refractivity contribution < 1.29 is 19.0 Å². The third-order valence-electron chi connectivity index (χ3n) is 6.47. The summed E-state index contributed by atoms with van der Waals surface area (Å²) < 4.78 is 17.9. The summed E-state index contributed by atoms with van der Waals surface area (Å²) in [5.41, 5.74) is 2.67. The van der Waals surface area contributed by atoms with Crippen LogP contribution in [-0.4, -0.2) is 53.7 Å². The molecule has 2 aromatic rings. The molecular weight excluding hydrogens is 406 g/mol. The third kappa shape index (κ3) is 3.45. The fourth-order valence-corrected chi connectivity index (χ4v) is 4.93. The van der Waals surface area contributed by atoms with Crippen LogP contribution in [0.1, 0.15) is 50.3 Å². The van der Waals surface area contributed by atoms with Crippen LogP contribution in [-0.2, 0) is 4.74 Å². The molecule has 0 aromatic heterocycles. The molecule has 32 heavy (non-hydrogen) atoms. The number of ether oxygens (including phenoxy) is 3. The topological polar surface area (TPSA) is 63.6 Å². The number of para-hydroxylation sites is 1. The lowest BCUT2D eigenvalue weighted by atomic mass is 9.90. The SMILES string of the molecule is CCOC(=O)N1CCC2(CC1)Oc1c(OCC)cccc1C1CC(c3ccccc3)=NN12. The van der Waals surface area contributed by atoms with Gasteiger partial charge in [-0.2, -0.15) is 5.10 Å². The summed E-state index contributed by atoms with van der Waals surface area (Å²) in [4.78, 5) is 14.0. The Bertz CT molecular complexity index is 1020. The maximum Gasteiger partial charge on any atom is 0.409 e. The Morgan fingerprint density at radius 2 is 1.88 bits per heavy atom. The van der Waals surface area contributed by atoms with Crippen molar-refractivity contribution >= 4 is 11.8 Å². The van der Waals surface area contributed by atoms with Crippen molar-refractivity contribution in [1.82, 2.24) is 9.91 Å². The van der Waals surface area contributed by atoms with E-state index in [2.05, 4.69) is 23.2 Å². The highest BCUT2D eigenvalue weighted by molar-refractivity contribution is 6.02. The van der Waals surface area contributed by atoms with Gasteiger partial charge in [0, 0.05) is 37.9 Å². The molecular formula is C25H29N3O4. The van der Waals surface area contributed by atoms with E-state index in [9.17, 15) is 4.79 Å². The zero-order valence-corrected chi connectivity index (χ0v) is 18.6. The van der Waals surface area contributed by atoms with Crippen LogP contribution >= 0.6 is 0 Å². The molecule has 0 radical (unpaired) electrons. The number of rotatable bonds is 4. The van der Waals surface area contributed by atoms with Crippen molar-refractivity contribution in [2.24, 2.45) is 5.10 Å². The normalized spacial score (nSPS) is 20.8. The zero-order chi connectivity index (χ0) is 22.1. The van der Waals surface area contributed by atoms with Gasteiger partial charge in [-0.1, -0.05) is 42.5 Å². The Kier molecular flexibility index (Phi) is 5.41. The van der Waals surface area contributed by atoms with Crippen LogP contribution in [0.4, 0.5) is 4.79 Å². The monoisotopic (exact) mass is 435 g/mol. The second kappa shape index (κ2) is 8.37. The minimum absolute atomic E-state index is 0.0727. The number of hydrogen-bond acceptors (Lipinski definition) is 6. The van der Waals surface area contributed by atoms with Crippen LogP contribution < -0.4 is 9.47 Å². The molecule has 168 valence electrons. The maximum atomic E-state index is 12.3. The first-order valence-corrected chi connectivity index (χ1v) is 11.4. The third-order valence-corrected chi connectivity index (χ3v) is 6.47. The van der Waals surface area contributed by atoms with Gasteiger partial charge in [-0.25, -0.2) is 9.80 Å². The number of amides is 1. The fraction of sp³-hybridized carbons (Fsp3) is 0.440. The molecule has 7 nitrogen and oxygen atoms in total. The van der Waals surface area contributed by atoms with Crippen LogP contribution in [0.15, 0.2) is 53.6 Å². The van der Waals surface area contributed by atoms with E-state index in [0.717, 1.165) is 34.8 Å². The van der Waals surface area contributed by atoms with Crippen LogP contribution in [0.25, 0.3) is 0 Å². The lowest BCUT2D eigenvalue weighted by Gasteiger charge is -2.51. The van der Waals surface area contributed by atoms with Crippen molar-refractivity contribution in [1.29, 1.82) is 0 Å². The molecule has 0 bridgehead atoms. The molecule has 0 saturated carbocycles. The number of hydrazone groups is 1. The number of piperidine rings is 1. The minimum Gasteiger partial charge on any atom is -0.490 e. The van der Waals surface area contributed by atoms with E-state index in [1.54, 1.807) is 4.90 Å². The van der Waals surface area contributed by atoms with E-state index in [-0.39, 0.29) is 12.1 Å². The summed E-state index contributed by atoms with van der Waals surface area (Å²) >= 11 is 0. The molecule has 3 aliphatic rings. The zero-order valence-electron chi connectivity index (χ0n) is 18.6. The highest BCUT2D eigenvalue weighted by atomic mass is 16.6. The van der Waals surface area contributed by atoms with Crippen molar-refractivity contribution in [2.75, 3.05) is 26.3 Å². The van der Waals surface area contributed by atoms with Gasteiger partial charge in [0.05, 0.1) is 25.0 Å². The van der Waals surface area contributed by atoms with Crippen molar-refractivity contribution in [3.63, 3.8) is 0 Å². The quantitative estimate of drug-likeness (QED) is 0.704. The van der Waals surface area contributed by atoms with Crippen LogP contribution in [0.3, 0.4) is 0 Å². The van der Waals surface area contributed by atoms with Crippen LogP contribution in [0, 0.1) is 0 Å². The summed E-state index contributed by atoms with van der Waals surface area (Å²) in [5.74, 6) is 1.58. The molecule has 1 unspecified atom stereocenters. The molecule has 1 amide bonds. The van der Waals surface area contributed by atoms with Gasteiger partial charge in [-0.15, -0.1) is 0 Å². The number of carbonyl (C=O) groups excluding carboxylic acids is 1. The first kappa shape index (κ1) is 20.7. The van der Waals surface area contributed by atoms with Crippen LogP contribution in [0.5, 0.6) is 11.5 Å². The molecule has 2 aromatic carbocycles. The van der Waals surface area contributed by atoms with Gasteiger partial charge in [-0.3, -0.25) is 0 Å². The first-order valence-electron chi connectivity index (χ1n) is 11.4. The predicted octanol–water partition coefficient (Wildman–Crippen LogP) is 4.58. The van der Waals surface area contributed by atoms with Gasteiger partial charge >= 0.3 is 6.09 Å². The average Bonchev–Trinajstić information content (AvgIpc) is 3.28. The smallest absolute Gasteiger partial charge is 0.409 e. The number of benzene rings is 2. The highest BCUT2D eigenvalue weighted by Crippen LogP contribution is 2.52. The summed E-state index contributed by atoms with van der Waals surface area (Å²) in [6, 6.07) is 16.5. The Labute approximate surface area is 188 Å². The number of hydrogen-bond donors (Lipinski definition) is 0. The molecule has 1 saturated heterocycles. The molecule has 7 heteroatoms. The average molecular weight is 436 g/mol. The second-order valence-electron chi connectivity index (χ2n) is 8.32. The van der Waals surface area contributed by atoms with E-state index in [0.29, 0.717) is 39.1 Å². The number of carbonyl (C=O) groups is 1. The van der Waals surface area contributed by atoms with E-state index in [4.69, 9.17) is 19.3 Å². The number of fused-ring (bicyclic) bond motifs is 4. The van der Waals surface area contributed by atoms with E-state index in [1.807, 2.05) is 44.2 Å². The lowest BCUT2D eigenvalue weighted by Crippen LogP contribution is -2.59. The molecule has 3 heterocycles. The predicted molar refractivity (Wildman–Crippen MR) is 121 cm³/mol. The van der Waals surface area contributed by atoms with Crippen molar-refractivity contribution in [2.45, 2.75) is 44.9 Å². The molecule has 1 atom stereocenters. The summed E-state index contributed by atoms with van der Waals surface area (Å²) in [6.07, 6.45) is 1.83. The Morgan fingerprint density at radius 3 is 2.59 bits per heavy atom. The van der Waals surface area contributed by atoms with E-state index < -0.39 is 5.72 Å². The minimum atomic E-state index is -0.621. The largest absolute Gasteiger partial charge is 0.490 e. The molecule has 0 N–H and O–H groups in total. The van der Waals surface area contributed by atoms with Crippen molar-refractivity contribution in [3.05, 3.63) is 59.7 Å². The number of likely N-dealkylation sites (tertiary alicyclic amines) is 1. The highest BCUT2D eigenvalue weighted by Gasteiger charge is 2.53. The standard InChI is InChI=1S/C25H29N3O4/c1-3-30-22-12-8-11-19-21-17-20(18-9-6-5-7-10-18)26-28(21)25(32-23(19)22)13-15-27(16-14-25)24(29)31-4-2/h5-12,21H,3-4,13-17H2,1-2H3. The van der Waals surface area contributed by atoms with Crippen LogP contribution in [0.2, 0.25) is 0 Å². The molecule has 3 aliphatic heterocycles. The lowest BCUT2D eigenvalue weighted by molar-refractivity contribution is -0.148. The van der Waals surface area contributed by atoms with Gasteiger partial charge in [0.15, 0.2) is 11.5 Å². The maximum absolute atomic E-state index is 12.3. The Hall–Kier alpha value is -3.22. The molecule has 0 aliphatic carbocycles. The van der Waals surface area contributed by atoms with E-state index >= 15 is 0 Å². The van der Waals surface area contributed by atoms with Gasteiger partial charge in [0.2, 0.25) is 5.72 Å². The fourth-order valence-electron chi connectivity index (χ4n) is 4.93. The summed E-state index contributed by atoms with van der Waals surface area (Å²) in [6.45, 7) is 5.88. The summed E-state index contributed by atoms with van der Waals surface area (Å²) in [5, 5.41) is 7.24. The van der Waals surface area contributed by atoms with Gasteiger partial charge in [0.1, 0.15) is 0 Å². The van der Waals surface area contributed by atoms with E-state index in [1.165, 1.54) is 0 Å². The molecule has 1 fully saturated rings. The molecule has 1 spiro atoms. The Balaban J connectivity index is 1.52.